The van der Waals surface area contributed by atoms with Crippen LogP contribution >= 0.6 is 11.6 Å². The summed E-state index contributed by atoms with van der Waals surface area (Å²) in [4.78, 5) is 14.6. The van der Waals surface area contributed by atoms with Crippen molar-refractivity contribution in [1.82, 2.24) is 4.31 Å². The molecule has 2 aromatic carbocycles. The van der Waals surface area contributed by atoms with Crippen LogP contribution in [0.25, 0.3) is 0 Å². The molecular weight excluding hydrogens is 391 g/mol. The van der Waals surface area contributed by atoms with Crippen LogP contribution in [0.2, 0.25) is 5.02 Å². The molecule has 0 radical (unpaired) electrons. The summed E-state index contributed by atoms with van der Waals surface area (Å²) in [6.45, 7) is 4.78. The second kappa shape index (κ2) is 7.58. The van der Waals surface area contributed by atoms with E-state index in [9.17, 15) is 17.6 Å². The van der Waals surface area contributed by atoms with Crippen molar-refractivity contribution in [2.24, 2.45) is 0 Å². The van der Waals surface area contributed by atoms with Gasteiger partial charge in [0.2, 0.25) is 10.0 Å². The topological polar surface area (TPSA) is 57.7 Å². The van der Waals surface area contributed by atoms with Crippen LogP contribution in [-0.4, -0.2) is 38.3 Å². The lowest BCUT2D eigenvalue weighted by atomic mass is 10.1. The van der Waals surface area contributed by atoms with E-state index in [1.165, 1.54) is 22.5 Å². The highest BCUT2D eigenvalue weighted by Crippen LogP contribution is 2.33. The van der Waals surface area contributed by atoms with E-state index in [4.69, 9.17) is 11.6 Å². The molecule has 1 amide bonds. The third-order valence-corrected chi connectivity index (χ3v) is 7.05. The molecule has 0 N–H and O–H groups in total. The number of sulfonamides is 1. The summed E-state index contributed by atoms with van der Waals surface area (Å²) in [6, 6.07) is 8.44. The number of amides is 1. The molecule has 0 bridgehead atoms. The SMILES string of the molecule is CCN(CC)S(=O)(=O)c1ccc2c(c1)CCN2C(=O)c1ccc(F)cc1Cl. The van der Waals surface area contributed by atoms with E-state index in [-0.39, 0.29) is 21.4 Å². The number of carbonyl (C=O) groups is 1. The van der Waals surface area contributed by atoms with Gasteiger partial charge in [-0.3, -0.25) is 4.79 Å². The minimum Gasteiger partial charge on any atom is -0.308 e. The fraction of sp³-hybridized carbons (Fsp3) is 0.316. The van der Waals surface area contributed by atoms with Gasteiger partial charge in [0.25, 0.3) is 5.91 Å². The predicted octanol–water partition coefficient (Wildman–Crippen LogP) is 3.71. The number of fused-ring (bicyclic) bond motifs is 1. The third kappa shape index (κ3) is 3.59. The Morgan fingerprint density at radius 3 is 2.52 bits per heavy atom. The van der Waals surface area contributed by atoms with Crippen LogP contribution in [0.15, 0.2) is 41.3 Å². The highest BCUT2D eigenvalue weighted by molar-refractivity contribution is 7.89. The van der Waals surface area contributed by atoms with Crippen molar-refractivity contribution in [3.63, 3.8) is 0 Å². The third-order valence-electron chi connectivity index (χ3n) is 4.70. The summed E-state index contributed by atoms with van der Waals surface area (Å²) < 4.78 is 40.0. The first kappa shape index (κ1) is 19.8. The van der Waals surface area contributed by atoms with Crippen molar-refractivity contribution in [1.29, 1.82) is 0 Å². The lowest BCUT2D eigenvalue weighted by Gasteiger charge is -2.20. The van der Waals surface area contributed by atoms with Crippen LogP contribution in [0.3, 0.4) is 0 Å². The highest BCUT2D eigenvalue weighted by atomic mass is 35.5. The van der Waals surface area contributed by atoms with E-state index in [0.717, 1.165) is 11.6 Å². The van der Waals surface area contributed by atoms with Gasteiger partial charge in [-0.1, -0.05) is 25.4 Å². The molecule has 0 saturated heterocycles. The molecule has 27 heavy (non-hydrogen) atoms. The maximum atomic E-state index is 13.2. The van der Waals surface area contributed by atoms with Crippen LogP contribution in [0, 0.1) is 5.82 Å². The van der Waals surface area contributed by atoms with Crippen molar-refractivity contribution in [2.75, 3.05) is 24.5 Å². The summed E-state index contributed by atoms with van der Waals surface area (Å²) in [5.41, 5.74) is 1.65. The number of hydrogen-bond acceptors (Lipinski definition) is 3. The van der Waals surface area contributed by atoms with Gasteiger partial charge in [-0.05, 0) is 48.4 Å². The van der Waals surface area contributed by atoms with Crippen molar-refractivity contribution < 1.29 is 17.6 Å². The van der Waals surface area contributed by atoms with Crippen LogP contribution < -0.4 is 4.90 Å². The molecule has 1 heterocycles. The van der Waals surface area contributed by atoms with Crippen molar-refractivity contribution in [2.45, 2.75) is 25.2 Å². The van der Waals surface area contributed by atoms with E-state index >= 15 is 0 Å². The number of benzene rings is 2. The van der Waals surface area contributed by atoms with Gasteiger partial charge in [0, 0.05) is 25.3 Å². The summed E-state index contributed by atoms with van der Waals surface area (Å²) in [5.74, 6) is -0.845. The Kier molecular flexibility index (Phi) is 5.55. The molecule has 0 spiro atoms. The van der Waals surface area contributed by atoms with Crippen molar-refractivity contribution in [3.05, 3.63) is 58.4 Å². The van der Waals surface area contributed by atoms with Crippen LogP contribution in [0.1, 0.15) is 29.8 Å². The second-order valence-corrected chi connectivity index (χ2v) is 8.56. The van der Waals surface area contributed by atoms with Gasteiger partial charge in [0.1, 0.15) is 5.82 Å². The van der Waals surface area contributed by atoms with Crippen LogP contribution in [0.4, 0.5) is 10.1 Å². The highest BCUT2D eigenvalue weighted by Gasteiger charge is 2.29. The molecule has 1 aliphatic heterocycles. The Morgan fingerprint density at radius 2 is 1.89 bits per heavy atom. The molecule has 5 nitrogen and oxygen atoms in total. The molecule has 8 heteroatoms. The first-order valence-electron chi connectivity index (χ1n) is 8.69. The van der Waals surface area contributed by atoms with E-state index < -0.39 is 15.8 Å². The van der Waals surface area contributed by atoms with Crippen LogP contribution in [-0.2, 0) is 16.4 Å². The molecule has 0 aromatic heterocycles. The number of carbonyl (C=O) groups excluding carboxylic acids is 1. The number of hydrogen-bond donors (Lipinski definition) is 0. The normalized spacial score (nSPS) is 13.9. The predicted molar refractivity (Wildman–Crippen MR) is 103 cm³/mol. The monoisotopic (exact) mass is 410 g/mol. The Morgan fingerprint density at radius 1 is 1.19 bits per heavy atom. The number of anilines is 1. The Bertz CT molecular complexity index is 990. The summed E-state index contributed by atoms with van der Waals surface area (Å²) in [6.07, 6.45) is 0.543. The average Bonchev–Trinajstić information content (AvgIpc) is 3.05. The van der Waals surface area contributed by atoms with E-state index in [1.807, 2.05) is 0 Å². The minimum absolute atomic E-state index is 0.0502. The second-order valence-electron chi connectivity index (χ2n) is 6.21. The van der Waals surface area contributed by atoms with Gasteiger partial charge in [0.05, 0.1) is 15.5 Å². The zero-order valence-corrected chi connectivity index (χ0v) is 16.6. The summed E-state index contributed by atoms with van der Waals surface area (Å²) >= 11 is 6.01. The lowest BCUT2D eigenvalue weighted by molar-refractivity contribution is 0.0989. The van der Waals surface area contributed by atoms with Gasteiger partial charge in [-0.15, -0.1) is 0 Å². The molecular formula is C19H20ClFN2O3S. The molecule has 0 atom stereocenters. The first-order valence-corrected chi connectivity index (χ1v) is 10.5. The standard InChI is InChI=1S/C19H20ClFN2O3S/c1-3-22(4-2)27(25,26)15-6-8-18-13(11-15)9-10-23(18)19(24)16-7-5-14(21)12-17(16)20/h5-8,11-12H,3-4,9-10H2,1-2H3. The summed E-state index contributed by atoms with van der Waals surface area (Å²) in [7, 11) is -3.56. The number of rotatable bonds is 5. The van der Waals surface area contributed by atoms with Gasteiger partial charge in [-0.25, -0.2) is 12.8 Å². The van der Waals surface area contributed by atoms with Gasteiger partial charge in [-0.2, -0.15) is 4.31 Å². The average molecular weight is 411 g/mol. The van der Waals surface area contributed by atoms with Gasteiger partial charge >= 0.3 is 0 Å². The molecule has 1 aliphatic rings. The van der Waals surface area contributed by atoms with E-state index in [2.05, 4.69) is 0 Å². The van der Waals surface area contributed by atoms with Crippen molar-refractivity contribution >= 4 is 33.2 Å². The molecule has 0 fully saturated rings. The van der Waals surface area contributed by atoms with E-state index in [1.54, 1.807) is 30.9 Å². The number of halogens is 2. The maximum absolute atomic E-state index is 13.2. The summed E-state index contributed by atoms with van der Waals surface area (Å²) in [5, 5.41) is 0.0502. The Balaban J connectivity index is 1.94. The molecule has 2 aromatic rings. The lowest BCUT2D eigenvalue weighted by Crippen LogP contribution is -2.31. The van der Waals surface area contributed by atoms with Gasteiger partial charge < -0.3 is 4.90 Å². The smallest absolute Gasteiger partial charge is 0.259 e. The molecule has 3 rings (SSSR count). The van der Waals surface area contributed by atoms with E-state index in [0.29, 0.717) is 31.7 Å². The van der Waals surface area contributed by atoms with Crippen molar-refractivity contribution in [3.8, 4) is 0 Å². The van der Waals surface area contributed by atoms with Gasteiger partial charge in [0.15, 0.2) is 0 Å². The Hall–Kier alpha value is -1.96. The van der Waals surface area contributed by atoms with Crippen LogP contribution in [0.5, 0.6) is 0 Å². The zero-order chi connectivity index (χ0) is 19.8. The fourth-order valence-corrected chi connectivity index (χ4v) is 5.03. The molecule has 144 valence electrons. The molecule has 0 saturated carbocycles. The minimum atomic E-state index is -3.56. The number of nitrogens with zero attached hydrogens (tertiary/aromatic N) is 2. The maximum Gasteiger partial charge on any atom is 0.259 e. The quantitative estimate of drug-likeness (QED) is 0.755. The largest absolute Gasteiger partial charge is 0.308 e. The zero-order valence-electron chi connectivity index (χ0n) is 15.1. The Labute approximate surface area is 163 Å². The molecule has 0 aliphatic carbocycles. The fourth-order valence-electron chi connectivity index (χ4n) is 3.27. The molecule has 0 unspecified atom stereocenters. The first-order chi connectivity index (χ1) is 12.8.